The Kier molecular flexibility index (Phi) is 6.32. The molecule has 0 amide bonds. The molecule has 2 N–H and O–H groups in total. The van der Waals surface area contributed by atoms with E-state index in [1.54, 1.807) is 19.3 Å². The average Bonchev–Trinajstić information content (AvgIpc) is 3.08. The maximum absolute atomic E-state index is 13.9. The highest BCUT2D eigenvalue weighted by atomic mass is 79.9. The molecular weight excluding hydrogens is 421 g/mol. The van der Waals surface area contributed by atoms with Crippen LogP contribution < -0.4 is 15.5 Å². The molecule has 1 aromatic heterocycles. The normalized spacial score (nSPS) is 17.5. The summed E-state index contributed by atoms with van der Waals surface area (Å²) in [6.45, 7) is 2.01. The van der Waals surface area contributed by atoms with Gasteiger partial charge in [-0.1, -0.05) is 33.6 Å². The maximum atomic E-state index is 13.9. The van der Waals surface area contributed by atoms with Gasteiger partial charge in [-0.2, -0.15) is 0 Å². The summed E-state index contributed by atoms with van der Waals surface area (Å²) >= 11 is 9.49. The van der Waals surface area contributed by atoms with Crippen molar-refractivity contribution in [1.82, 2.24) is 15.6 Å². The molecule has 0 saturated carbocycles. The van der Waals surface area contributed by atoms with E-state index in [-0.39, 0.29) is 11.9 Å². The Bertz CT molecular complexity index is 801. The van der Waals surface area contributed by atoms with Crippen LogP contribution in [0.5, 0.6) is 0 Å². The maximum Gasteiger partial charge on any atom is 0.191 e. The van der Waals surface area contributed by atoms with Crippen molar-refractivity contribution in [3.63, 3.8) is 0 Å². The second-order valence-electron chi connectivity index (χ2n) is 6.05. The van der Waals surface area contributed by atoms with Gasteiger partial charge in [0.05, 0.1) is 5.02 Å². The van der Waals surface area contributed by atoms with Crippen LogP contribution in [-0.2, 0) is 6.54 Å². The van der Waals surface area contributed by atoms with Crippen LogP contribution in [0.1, 0.15) is 12.0 Å². The van der Waals surface area contributed by atoms with Crippen LogP contribution in [0, 0.1) is 5.82 Å². The number of nitrogens with one attached hydrogen (secondary N) is 2. The highest BCUT2D eigenvalue weighted by Gasteiger charge is 2.25. The molecule has 2 aromatic rings. The summed E-state index contributed by atoms with van der Waals surface area (Å²) in [6.07, 6.45) is 2.69. The van der Waals surface area contributed by atoms with Crippen LogP contribution in [0.3, 0.4) is 0 Å². The van der Waals surface area contributed by atoms with E-state index < -0.39 is 0 Å². The van der Waals surface area contributed by atoms with Gasteiger partial charge in [0.15, 0.2) is 5.96 Å². The number of benzene rings is 1. The van der Waals surface area contributed by atoms with Crippen LogP contribution in [-0.4, -0.2) is 37.1 Å². The van der Waals surface area contributed by atoms with Gasteiger partial charge in [-0.05, 0) is 30.7 Å². The van der Waals surface area contributed by atoms with E-state index in [4.69, 9.17) is 11.6 Å². The Morgan fingerprint density at radius 3 is 3.04 bits per heavy atom. The van der Waals surface area contributed by atoms with E-state index in [1.807, 2.05) is 18.2 Å². The van der Waals surface area contributed by atoms with Gasteiger partial charge < -0.3 is 15.5 Å². The van der Waals surface area contributed by atoms with Crippen molar-refractivity contribution in [3.05, 3.63) is 57.4 Å². The highest BCUT2D eigenvalue weighted by Crippen LogP contribution is 2.25. The molecule has 1 saturated heterocycles. The van der Waals surface area contributed by atoms with Gasteiger partial charge in [0.1, 0.15) is 11.6 Å². The van der Waals surface area contributed by atoms with E-state index in [9.17, 15) is 4.39 Å². The molecule has 5 nitrogen and oxygen atoms in total. The first-order valence-corrected chi connectivity index (χ1v) is 9.50. The quantitative estimate of drug-likeness (QED) is 0.564. The molecule has 26 heavy (non-hydrogen) atoms. The van der Waals surface area contributed by atoms with Crippen molar-refractivity contribution in [1.29, 1.82) is 0 Å². The Morgan fingerprint density at radius 2 is 2.31 bits per heavy atom. The van der Waals surface area contributed by atoms with Gasteiger partial charge >= 0.3 is 0 Å². The largest absolute Gasteiger partial charge is 0.353 e. The number of halogens is 3. The molecule has 0 bridgehead atoms. The van der Waals surface area contributed by atoms with Crippen LogP contribution >= 0.6 is 27.5 Å². The number of rotatable bonds is 4. The van der Waals surface area contributed by atoms with Gasteiger partial charge in [0.2, 0.25) is 0 Å². The number of aromatic nitrogens is 1. The summed E-state index contributed by atoms with van der Waals surface area (Å²) in [6, 6.07) is 8.91. The van der Waals surface area contributed by atoms with Gasteiger partial charge in [0.25, 0.3) is 0 Å². The molecule has 1 atom stereocenters. The molecule has 8 heteroatoms. The summed E-state index contributed by atoms with van der Waals surface area (Å²) in [5.41, 5.74) is 0.587. The number of anilines is 1. The fourth-order valence-corrected chi connectivity index (χ4v) is 3.49. The van der Waals surface area contributed by atoms with E-state index >= 15 is 0 Å². The molecule has 3 rings (SSSR count). The fourth-order valence-electron chi connectivity index (χ4n) is 2.91. The number of hydrogen-bond acceptors (Lipinski definition) is 3. The summed E-state index contributed by atoms with van der Waals surface area (Å²) in [5.74, 6) is 1.20. The third-order valence-electron chi connectivity index (χ3n) is 4.25. The summed E-state index contributed by atoms with van der Waals surface area (Å²) in [7, 11) is 1.70. The van der Waals surface area contributed by atoms with Gasteiger partial charge in [-0.15, -0.1) is 0 Å². The molecule has 2 heterocycles. The van der Waals surface area contributed by atoms with Gasteiger partial charge in [-0.25, -0.2) is 9.37 Å². The molecule has 1 fully saturated rings. The van der Waals surface area contributed by atoms with E-state index in [2.05, 4.69) is 41.4 Å². The standard InChI is InChI=1S/C18H20BrClFN5/c1-22-18(24-10-12-4-5-13(19)9-16(12)21)25-14-6-8-26(11-14)17-15(20)3-2-7-23-17/h2-5,7,9,14H,6,8,10-11H2,1H3,(H2,22,24,25). The van der Waals surface area contributed by atoms with Crippen LogP contribution in [0.15, 0.2) is 46.0 Å². The Hall–Kier alpha value is -1.86. The number of aliphatic imine (C=N–C) groups is 1. The van der Waals surface area contributed by atoms with Gasteiger partial charge in [0, 0.05) is 49.0 Å². The monoisotopic (exact) mass is 439 g/mol. The van der Waals surface area contributed by atoms with Crippen molar-refractivity contribution in [2.24, 2.45) is 4.99 Å². The predicted molar refractivity (Wildman–Crippen MR) is 107 cm³/mol. The topological polar surface area (TPSA) is 52.6 Å². The van der Waals surface area contributed by atoms with Crippen molar-refractivity contribution < 1.29 is 4.39 Å². The Labute approximate surface area is 165 Å². The average molecular weight is 441 g/mol. The zero-order chi connectivity index (χ0) is 18.5. The Balaban J connectivity index is 1.55. The molecule has 0 spiro atoms. The summed E-state index contributed by atoms with van der Waals surface area (Å²) < 4.78 is 14.7. The van der Waals surface area contributed by atoms with E-state index in [1.165, 1.54) is 6.07 Å². The van der Waals surface area contributed by atoms with Crippen molar-refractivity contribution in [2.45, 2.75) is 19.0 Å². The third kappa shape index (κ3) is 4.65. The second kappa shape index (κ2) is 8.68. The molecular formula is C18H20BrClFN5. The first-order valence-electron chi connectivity index (χ1n) is 8.33. The zero-order valence-electron chi connectivity index (χ0n) is 14.3. The molecule has 0 aliphatic carbocycles. The lowest BCUT2D eigenvalue weighted by molar-refractivity contribution is 0.600. The van der Waals surface area contributed by atoms with Crippen molar-refractivity contribution in [2.75, 3.05) is 25.0 Å². The van der Waals surface area contributed by atoms with Crippen LogP contribution in [0.2, 0.25) is 5.02 Å². The lowest BCUT2D eigenvalue weighted by atomic mass is 10.2. The van der Waals surface area contributed by atoms with Crippen molar-refractivity contribution >= 4 is 39.3 Å². The number of guanidine groups is 1. The van der Waals surface area contributed by atoms with Crippen LogP contribution in [0.4, 0.5) is 10.2 Å². The number of nitrogens with zero attached hydrogens (tertiary/aromatic N) is 3. The summed E-state index contributed by atoms with van der Waals surface area (Å²) in [4.78, 5) is 10.7. The first-order chi connectivity index (χ1) is 12.6. The molecule has 138 valence electrons. The highest BCUT2D eigenvalue weighted by molar-refractivity contribution is 9.10. The third-order valence-corrected chi connectivity index (χ3v) is 5.04. The minimum Gasteiger partial charge on any atom is -0.353 e. The van der Waals surface area contributed by atoms with E-state index in [0.29, 0.717) is 23.1 Å². The first kappa shape index (κ1) is 18.9. The molecule has 1 aliphatic heterocycles. The minimum atomic E-state index is -0.251. The van der Waals surface area contributed by atoms with Crippen LogP contribution in [0.25, 0.3) is 0 Å². The lowest BCUT2D eigenvalue weighted by Gasteiger charge is -2.20. The number of pyridine rings is 1. The smallest absolute Gasteiger partial charge is 0.191 e. The number of hydrogen-bond donors (Lipinski definition) is 2. The van der Waals surface area contributed by atoms with E-state index in [0.717, 1.165) is 29.8 Å². The van der Waals surface area contributed by atoms with Gasteiger partial charge in [-0.3, -0.25) is 4.99 Å². The predicted octanol–water partition coefficient (Wildman–Crippen LogP) is 3.58. The fraction of sp³-hybridized carbons (Fsp3) is 0.333. The second-order valence-corrected chi connectivity index (χ2v) is 7.37. The minimum absolute atomic E-state index is 0.217. The molecule has 1 aliphatic rings. The Morgan fingerprint density at radius 1 is 1.46 bits per heavy atom. The zero-order valence-corrected chi connectivity index (χ0v) is 16.7. The molecule has 1 aromatic carbocycles. The SMILES string of the molecule is CN=C(NCc1ccc(Br)cc1F)NC1CCN(c2ncccc2Cl)C1. The molecule has 1 unspecified atom stereocenters. The summed E-state index contributed by atoms with van der Waals surface area (Å²) in [5, 5.41) is 7.20. The molecule has 0 radical (unpaired) electrons. The lowest BCUT2D eigenvalue weighted by Crippen LogP contribution is -2.44. The van der Waals surface area contributed by atoms with Crippen molar-refractivity contribution in [3.8, 4) is 0 Å².